The van der Waals surface area contributed by atoms with Crippen LogP contribution in [-0.2, 0) is 0 Å². The van der Waals surface area contributed by atoms with Crippen LogP contribution >= 0.6 is 0 Å². The Kier molecular flexibility index (Phi) is 25.0. The smallest absolute Gasteiger partial charge is 0.227 e. The monoisotopic (exact) mass is 1920 g/mol. The average molecular weight is 1920 g/mol. The molecule has 0 amide bonds. The summed E-state index contributed by atoms with van der Waals surface area (Å²) in [6.07, 6.45) is 7.14. The summed E-state index contributed by atoms with van der Waals surface area (Å²) in [5.74, 6) is 0. The maximum Gasteiger partial charge on any atom is 0.227 e. The molecule has 7 aromatic heterocycles. The number of hydrogen-bond acceptors (Lipinski definition) is 10. The highest BCUT2D eigenvalue weighted by Crippen LogP contribution is 2.46. The normalized spacial score (nSPS) is 11.2. The summed E-state index contributed by atoms with van der Waals surface area (Å²) in [4.78, 5) is 24.9. The van der Waals surface area contributed by atoms with Crippen molar-refractivity contribution in [1.82, 2.24) is 19.9 Å². The van der Waals surface area contributed by atoms with Gasteiger partial charge in [0.1, 0.15) is 22.2 Å². The van der Waals surface area contributed by atoms with E-state index in [4.69, 9.17) is 13.3 Å². The molecule has 0 aliphatic heterocycles. The second-order valence-corrected chi connectivity index (χ2v) is 37.2. The van der Waals surface area contributed by atoms with Crippen molar-refractivity contribution < 1.29 is 13.3 Å². The summed E-state index contributed by atoms with van der Waals surface area (Å²) in [5, 5.41) is 4.24. The number of fused-ring (bicyclic) bond motifs is 9. The van der Waals surface area contributed by atoms with Crippen molar-refractivity contribution in [2.75, 3.05) is 14.7 Å². The van der Waals surface area contributed by atoms with Crippen molar-refractivity contribution in [2.24, 2.45) is 0 Å². The van der Waals surface area contributed by atoms with E-state index in [1.165, 1.54) is 72.3 Å². The molecular formula is C140H95N7O3. The third-order valence-electron chi connectivity index (χ3n) is 28.0. The molecule has 0 aliphatic rings. The van der Waals surface area contributed by atoms with Crippen LogP contribution in [0.1, 0.15) is 0 Å². The maximum absolute atomic E-state index is 6.24. The van der Waals surface area contributed by atoms with Crippen LogP contribution < -0.4 is 14.7 Å². The zero-order valence-corrected chi connectivity index (χ0v) is 81.7. The van der Waals surface area contributed by atoms with E-state index in [0.29, 0.717) is 11.4 Å². The lowest BCUT2D eigenvalue weighted by Crippen LogP contribution is -2.09. The molecule has 10 heteroatoms. The SMILES string of the molecule is c1ccc(-c2ccc(N(c3ccc(-c4ccccc4)cc3)c3ccc(-c4cccc(-c5ccc6c(c5)oc5ncccc56)c4)cc3)cc2)cc1.c1ccc(-c2ccc(N(c3ccc(-c4ccccc4)cc3)c3ccc(-c4cccc(-c5ccnc6c5oc5cccnc56)c4)cc3)cc2)cc1.c1ccc(-c2ccc(N(c3ccccc3)c3ccc(-c4ccc(-c5cccc(-c6cccc7c6oc6ncccc67)c5)cc4)cc3)cc2)cc1. The van der Waals surface area contributed by atoms with Gasteiger partial charge in [-0.3, -0.25) is 9.97 Å². The van der Waals surface area contributed by atoms with Crippen molar-refractivity contribution in [2.45, 2.75) is 0 Å². The molecule has 10 nitrogen and oxygen atoms in total. The fourth-order valence-electron chi connectivity index (χ4n) is 20.3. The summed E-state index contributed by atoms with van der Waals surface area (Å²) in [5.41, 5.74) is 43.7. The fraction of sp³-hybridized carbons (Fsp3) is 0. The zero-order valence-electron chi connectivity index (χ0n) is 81.7. The maximum atomic E-state index is 6.24. The quantitative estimate of drug-likeness (QED) is 0.0691. The molecule has 0 radical (unpaired) electrons. The van der Waals surface area contributed by atoms with Crippen LogP contribution in [0.4, 0.5) is 51.2 Å². The van der Waals surface area contributed by atoms with Gasteiger partial charge in [-0.15, -0.1) is 0 Å². The number of furan rings is 3. The van der Waals surface area contributed by atoms with Crippen LogP contribution in [0.15, 0.2) is 590 Å². The van der Waals surface area contributed by atoms with Gasteiger partial charge in [-0.1, -0.05) is 370 Å². The second-order valence-electron chi connectivity index (χ2n) is 37.2. The van der Waals surface area contributed by atoms with Gasteiger partial charge < -0.3 is 28.0 Å². The van der Waals surface area contributed by atoms with E-state index in [1.54, 1.807) is 18.6 Å². The van der Waals surface area contributed by atoms with Gasteiger partial charge in [0.05, 0.1) is 0 Å². The molecule has 0 spiro atoms. The van der Waals surface area contributed by atoms with E-state index in [0.717, 1.165) is 167 Å². The predicted molar refractivity (Wildman–Crippen MR) is 622 cm³/mol. The van der Waals surface area contributed by atoms with Gasteiger partial charge in [0.25, 0.3) is 0 Å². The largest absolute Gasteiger partial charge is 0.452 e. The van der Waals surface area contributed by atoms with Gasteiger partial charge in [-0.25, -0.2) is 9.97 Å². The molecule has 0 atom stereocenters. The molecule has 20 aromatic carbocycles. The van der Waals surface area contributed by atoms with Crippen molar-refractivity contribution >= 4 is 118 Å². The van der Waals surface area contributed by atoms with E-state index in [-0.39, 0.29) is 0 Å². The van der Waals surface area contributed by atoms with Crippen LogP contribution in [-0.4, -0.2) is 19.9 Å². The Bertz CT molecular complexity index is 9240. The molecule has 7 heterocycles. The van der Waals surface area contributed by atoms with Crippen molar-refractivity contribution in [3.05, 3.63) is 577 Å². The summed E-state index contributed by atoms with van der Waals surface area (Å²) in [6, 6.07) is 195. The van der Waals surface area contributed by atoms with Crippen molar-refractivity contribution in [3.63, 3.8) is 0 Å². The topological polar surface area (TPSA) is 101 Å². The first-order valence-electron chi connectivity index (χ1n) is 50.5. The summed E-state index contributed by atoms with van der Waals surface area (Å²) in [6.45, 7) is 0. The number of hydrogen-bond donors (Lipinski definition) is 0. The van der Waals surface area contributed by atoms with E-state index < -0.39 is 0 Å². The Balaban J connectivity index is 0.000000116. The van der Waals surface area contributed by atoms with E-state index in [1.807, 2.05) is 36.5 Å². The van der Waals surface area contributed by atoms with Gasteiger partial charge in [-0.05, 0) is 304 Å². The number of para-hydroxylation sites is 2. The number of nitrogens with zero attached hydrogens (tertiary/aromatic N) is 7. The molecule has 0 fully saturated rings. The predicted octanol–water partition coefficient (Wildman–Crippen LogP) is 38.8. The van der Waals surface area contributed by atoms with Crippen LogP contribution in [0.3, 0.4) is 0 Å². The van der Waals surface area contributed by atoms with Crippen molar-refractivity contribution in [3.8, 4) is 134 Å². The third kappa shape index (κ3) is 18.9. The second kappa shape index (κ2) is 41.3. The minimum Gasteiger partial charge on any atom is -0.452 e. The molecule has 150 heavy (non-hydrogen) atoms. The minimum absolute atomic E-state index is 0.667. The van der Waals surface area contributed by atoms with Gasteiger partial charge >= 0.3 is 0 Å². The van der Waals surface area contributed by atoms with E-state index >= 15 is 0 Å². The van der Waals surface area contributed by atoms with Crippen molar-refractivity contribution in [1.29, 1.82) is 0 Å². The van der Waals surface area contributed by atoms with E-state index in [9.17, 15) is 0 Å². The summed E-state index contributed by atoms with van der Waals surface area (Å²) >= 11 is 0. The van der Waals surface area contributed by atoms with E-state index in [2.05, 4.69) is 556 Å². The number of pyridine rings is 4. The number of benzene rings is 20. The fourth-order valence-corrected chi connectivity index (χ4v) is 20.3. The van der Waals surface area contributed by atoms with Gasteiger partial charge in [0.15, 0.2) is 11.2 Å². The Morgan fingerprint density at radius 1 is 0.133 bits per heavy atom. The van der Waals surface area contributed by atoms with Gasteiger partial charge in [0, 0.05) is 109 Å². The van der Waals surface area contributed by atoms with Gasteiger partial charge in [0.2, 0.25) is 11.4 Å². The van der Waals surface area contributed by atoms with Crippen LogP contribution in [0, 0.1) is 0 Å². The summed E-state index contributed by atoms with van der Waals surface area (Å²) < 4.78 is 18.6. The number of aromatic nitrogens is 4. The molecule has 0 saturated carbocycles. The number of rotatable bonds is 21. The lowest BCUT2D eigenvalue weighted by atomic mass is 9.96. The van der Waals surface area contributed by atoms with Crippen LogP contribution in [0.2, 0.25) is 0 Å². The minimum atomic E-state index is 0.667. The highest BCUT2D eigenvalue weighted by atomic mass is 16.3. The molecule has 708 valence electrons. The zero-order chi connectivity index (χ0) is 99.8. The summed E-state index contributed by atoms with van der Waals surface area (Å²) in [7, 11) is 0. The lowest BCUT2D eigenvalue weighted by Gasteiger charge is -2.26. The molecule has 0 bridgehead atoms. The van der Waals surface area contributed by atoms with Crippen LogP contribution in [0.5, 0.6) is 0 Å². The molecule has 0 unspecified atom stereocenters. The first-order chi connectivity index (χ1) is 74.3. The first-order valence-corrected chi connectivity index (χ1v) is 50.5. The Hall–Kier alpha value is -20.2. The lowest BCUT2D eigenvalue weighted by molar-refractivity contribution is 0.654. The first kappa shape index (κ1) is 91.0. The molecule has 0 saturated heterocycles. The average Bonchev–Trinajstić information content (AvgIpc) is 1.60. The molecular weight excluding hydrogens is 1830 g/mol. The van der Waals surface area contributed by atoms with Gasteiger partial charge in [-0.2, -0.15) is 0 Å². The highest BCUT2D eigenvalue weighted by molar-refractivity contribution is 6.10. The Morgan fingerprint density at radius 3 is 0.767 bits per heavy atom. The molecule has 0 aliphatic carbocycles. The Morgan fingerprint density at radius 2 is 0.387 bits per heavy atom. The molecule has 27 aromatic rings. The highest BCUT2D eigenvalue weighted by Gasteiger charge is 2.23. The Labute approximate surface area is 869 Å². The third-order valence-corrected chi connectivity index (χ3v) is 28.0. The molecule has 27 rings (SSSR count). The number of anilines is 9. The standard InChI is InChI=1S/2C47H32N2O.C46H31N3O/c1-3-10-33(11-4-1)35-23-27-41(28-24-35)49(40-14-5-2-6-15-40)42-29-25-36(26-30-42)34-19-21-37(22-20-34)38-12-7-13-39(32-38)43-16-8-17-44-45-18-9-31-48-47(45)50-46(43)44;1-3-9-33(10-4-1)35-16-23-41(24-17-35)49(42-25-18-36(19-26-42)34-11-5-2-6-12-34)43-27-20-37(21-28-43)38-13-7-14-39(31-38)40-22-29-44-45-15-8-30-48-47(45)50-46(44)32-40;1-3-9-32(10-4-1)34-16-22-39(23-17-34)49(40-24-18-35(19-25-40)33-11-5-2-6-12-33)41-26-20-36(21-27-41)37-13-7-14-38(31-37)42-28-30-48-45-44-43(50-46(42)45)15-8-29-47-44/h2*1-32H;1-31H. The molecule has 0 N–H and O–H groups in total. The van der Waals surface area contributed by atoms with Crippen LogP contribution in [0.25, 0.3) is 200 Å².